The summed E-state index contributed by atoms with van der Waals surface area (Å²) in [6.07, 6.45) is 0. The first-order chi connectivity index (χ1) is 8.69. The van der Waals surface area contributed by atoms with Crippen LogP contribution in [0.1, 0.15) is 5.56 Å². The lowest BCUT2D eigenvalue weighted by molar-refractivity contribution is 0.414. The van der Waals surface area contributed by atoms with E-state index in [1.165, 1.54) is 9.13 Å². The van der Waals surface area contributed by atoms with Gasteiger partial charge in [0.15, 0.2) is 0 Å². The van der Waals surface area contributed by atoms with E-state index in [9.17, 15) is 0 Å². The lowest BCUT2D eigenvalue weighted by atomic mass is 10.2. The Morgan fingerprint density at radius 3 is 2.50 bits per heavy atom. The van der Waals surface area contributed by atoms with Gasteiger partial charge in [-0.05, 0) is 74.4 Å². The number of methoxy groups -OCH3 is 1. The molecule has 0 atom stereocenters. The van der Waals surface area contributed by atoms with Gasteiger partial charge >= 0.3 is 0 Å². The molecule has 0 saturated carbocycles. The first-order valence-corrected chi connectivity index (χ1v) is 7.38. The van der Waals surface area contributed by atoms with Crippen molar-refractivity contribution in [2.75, 3.05) is 12.4 Å². The maximum Gasteiger partial charge on any atom is 0.118 e. The molecule has 94 valence electrons. The van der Waals surface area contributed by atoms with Crippen molar-refractivity contribution in [2.24, 2.45) is 0 Å². The number of nitrogens with one attached hydrogen (secondary N) is 1. The lowest BCUT2D eigenvalue weighted by Gasteiger charge is -2.09. The average molecular weight is 418 g/mol. The van der Waals surface area contributed by atoms with Crippen LogP contribution in [0.4, 0.5) is 5.69 Å². The number of anilines is 1. The first-order valence-electron chi connectivity index (χ1n) is 5.51. The molecule has 2 rings (SSSR count). The van der Waals surface area contributed by atoms with Crippen LogP contribution in [0, 0.1) is 3.57 Å². The molecule has 0 aromatic heterocycles. The average Bonchev–Trinajstić information content (AvgIpc) is 2.38. The molecule has 2 nitrogen and oxygen atoms in total. The molecule has 0 radical (unpaired) electrons. The summed E-state index contributed by atoms with van der Waals surface area (Å²) in [5.41, 5.74) is 2.33. The Labute approximate surface area is 129 Å². The molecule has 18 heavy (non-hydrogen) atoms. The van der Waals surface area contributed by atoms with E-state index in [4.69, 9.17) is 4.74 Å². The summed E-state index contributed by atoms with van der Waals surface area (Å²) in [4.78, 5) is 0. The molecule has 2 aromatic rings. The Morgan fingerprint density at radius 2 is 1.89 bits per heavy atom. The smallest absolute Gasteiger partial charge is 0.118 e. The summed E-state index contributed by atoms with van der Waals surface area (Å²) < 4.78 is 7.44. The highest BCUT2D eigenvalue weighted by molar-refractivity contribution is 14.1. The Hall–Kier alpha value is -0.750. The third-order valence-corrected chi connectivity index (χ3v) is 3.90. The summed E-state index contributed by atoms with van der Waals surface area (Å²) in [5, 5.41) is 3.40. The van der Waals surface area contributed by atoms with E-state index < -0.39 is 0 Å². The van der Waals surface area contributed by atoms with E-state index in [1.54, 1.807) is 7.11 Å². The van der Waals surface area contributed by atoms with Crippen molar-refractivity contribution in [1.29, 1.82) is 0 Å². The van der Waals surface area contributed by atoms with Crippen LogP contribution in [-0.4, -0.2) is 7.11 Å². The summed E-state index contributed by atoms with van der Waals surface area (Å²) in [7, 11) is 1.68. The van der Waals surface area contributed by atoms with Crippen LogP contribution < -0.4 is 10.1 Å². The van der Waals surface area contributed by atoms with E-state index in [0.717, 1.165) is 22.5 Å². The quantitative estimate of drug-likeness (QED) is 0.729. The zero-order valence-electron chi connectivity index (χ0n) is 9.91. The number of hydrogen-bond donors (Lipinski definition) is 1. The van der Waals surface area contributed by atoms with Gasteiger partial charge in [-0.2, -0.15) is 0 Å². The second kappa shape index (κ2) is 6.43. The van der Waals surface area contributed by atoms with Crippen molar-refractivity contribution in [3.8, 4) is 5.75 Å². The van der Waals surface area contributed by atoms with Crippen LogP contribution in [0.3, 0.4) is 0 Å². The summed E-state index contributed by atoms with van der Waals surface area (Å²) >= 11 is 5.85. The second-order valence-electron chi connectivity index (χ2n) is 3.83. The van der Waals surface area contributed by atoms with Gasteiger partial charge in [-0.3, -0.25) is 0 Å². The standard InChI is InChI=1S/C14H13BrINO/c1-18-12-5-2-10(3-6-12)9-17-14-7-4-11(16)8-13(14)15/h2-8,17H,9H2,1H3. The van der Waals surface area contributed by atoms with E-state index in [1.807, 2.05) is 12.1 Å². The summed E-state index contributed by atoms with van der Waals surface area (Å²) in [6.45, 7) is 0.795. The molecule has 0 saturated heterocycles. The second-order valence-corrected chi connectivity index (χ2v) is 5.93. The van der Waals surface area contributed by atoms with Gasteiger partial charge in [0.05, 0.1) is 7.11 Å². The number of hydrogen-bond acceptors (Lipinski definition) is 2. The number of ether oxygens (including phenoxy) is 1. The molecule has 0 heterocycles. The minimum Gasteiger partial charge on any atom is -0.497 e. The predicted molar refractivity (Wildman–Crippen MR) is 87.2 cm³/mol. The molecule has 0 aliphatic heterocycles. The molecule has 0 spiro atoms. The van der Waals surface area contributed by atoms with Crippen molar-refractivity contribution in [2.45, 2.75) is 6.54 Å². The zero-order chi connectivity index (χ0) is 13.0. The highest BCUT2D eigenvalue weighted by Crippen LogP contribution is 2.25. The van der Waals surface area contributed by atoms with Gasteiger partial charge < -0.3 is 10.1 Å². The minimum absolute atomic E-state index is 0.795. The maximum atomic E-state index is 5.14. The summed E-state index contributed by atoms with van der Waals surface area (Å²) in [5.74, 6) is 0.884. The van der Waals surface area contributed by atoms with E-state index in [2.05, 4.69) is 74.2 Å². The molecule has 1 N–H and O–H groups in total. The molecule has 0 aliphatic rings. The van der Waals surface area contributed by atoms with Gasteiger partial charge in [0.2, 0.25) is 0 Å². The molecule has 0 bridgehead atoms. The third kappa shape index (κ3) is 3.62. The van der Waals surface area contributed by atoms with Crippen LogP contribution in [0.15, 0.2) is 46.9 Å². The molecule has 0 unspecified atom stereocenters. The summed E-state index contributed by atoms with van der Waals surface area (Å²) in [6, 6.07) is 14.3. The van der Waals surface area contributed by atoms with Crippen molar-refractivity contribution in [3.63, 3.8) is 0 Å². The molecule has 0 aliphatic carbocycles. The van der Waals surface area contributed by atoms with Crippen molar-refractivity contribution < 1.29 is 4.74 Å². The van der Waals surface area contributed by atoms with E-state index in [-0.39, 0.29) is 0 Å². The number of rotatable bonds is 4. The van der Waals surface area contributed by atoms with E-state index in [0.29, 0.717) is 0 Å². The maximum absolute atomic E-state index is 5.14. The minimum atomic E-state index is 0.795. The van der Waals surface area contributed by atoms with Crippen LogP contribution in [0.2, 0.25) is 0 Å². The fourth-order valence-corrected chi connectivity index (χ4v) is 3.01. The molecule has 0 fully saturated rings. The molecule has 4 heteroatoms. The van der Waals surface area contributed by atoms with Crippen LogP contribution in [0.5, 0.6) is 5.75 Å². The molecule has 2 aromatic carbocycles. The van der Waals surface area contributed by atoms with Crippen molar-refractivity contribution >= 4 is 44.2 Å². The van der Waals surface area contributed by atoms with Gasteiger partial charge in [0.25, 0.3) is 0 Å². The number of halogens is 2. The fraction of sp³-hybridized carbons (Fsp3) is 0.143. The largest absolute Gasteiger partial charge is 0.497 e. The highest BCUT2D eigenvalue weighted by atomic mass is 127. The van der Waals surface area contributed by atoms with Crippen LogP contribution in [0.25, 0.3) is 0 Å². The number of benzene rings is 2. The van der Waals surface area contributed by atoms with Crippen molar-refractivity contribution in [1.82, 2.24) is 0 Å². The first kappa shape index (κ1) is 13.7. The fourth-order valence-electron chi connectivity index (χ4n) is 1.57. The topological polar surface area (TPSA) is 21.3 Å². The highest BCUT2D eigenvalue weighted by Gasteiger charge is 2.00. The molecule has 0 amide bonds. The van der Waals surface area contributed by atoms with Gasteiger partial charge in [-0.1, -0.05) is 12.1 Å². The predicted octanol–water partition coefficient (Wildman–Crippen LogP) is 4.67. The molecular weight excluding hydrogens is 405 g/mol. The zero-order valence-corrected chi connectivity index (χ0v) is 13.7. The van der Waals surface area contributed by atoms with E-state index >= 15 is 0 Å². The van der Waals surface area contributed by atoms with Gasteiger partial charge in [0.1, 0.15) is 5.75 Å². The van der Waals surface area contributed by atoms with Gasteiger partial charge in [-0.25, -0.2) is 0 Å². The van der Waals surface area contributed by atoms with Crippen LogP contribution in [-0.2, 0) is 6.54 Å². The third-order valence-electron chi connectivity index (χ3n) is 2.57. The SMILES string of the molecule is COc1ccc(CNc2ccc(I)cc2Br)cc1. The lowest BCUT2D eigenvalue weighted by Crippen LogP contribution is -2.00. The Bertz CT molecular complexity index is 528. The molecular formula is C14H13BrINO. The van der Waals surface area contributed by atoms with Crippen molar-refractivity contribution in [3.05, 3.63) is 56.1 Å². The Balaban J connectivity index is 2.02. The van der Waals surface area contributed by atoms with Crippen LogP contribution >= 0.6 is 38.5 Å². The normalized spacial score (nSPS) is 10.2. The Morgan fingerprint density at radius 1 is 1.17 bits per heavy atom. The Kier molecular flexibility index (Phi) is 4.88. The van der Waals surface area contributed by atoms with Gasteiger partial charge in [0, 0.05) is 20.3 Å². The monoisotopic (exact) mass is 417 g/mol. The van der Waals surface area contributed by atoms with Gasteiger partial charge in [-0.15, -0.1) is 0 Å².